The van der Waals surface area contributed by atoms with E-state index in [9.17, 15) is 0 Å². The highest BCUT2D eigenvalue weighted by atomic mass is 16.3. The van der Waals surface area contributed by atoms with E-state index in [4.69, 9.17) is 34.3 Å². The predicted molar refractivity (Wildman–Crippen MR) is 244 cm³/mol. The van der Waals surface area contributed by atoms with E-state index in [1.807, 2.05) is 121 Å². The van der Waals surface area contributed by atoms with E-state index in [2.05, 4.69) is 84.9 Å². The Morgan fingerprint density at radius 3 is 0.738 bits per heavy atom. The summed E-state index contributed by atoms with van der Waals surface area (Å²) in [5, 5.41) is 2.11. The van der Waals surface area contributed by atoms with Gasteiger partial charge in [-0.1, -0.05) is 206 Å². The largest absolute Gasteiger partial charge is 0.455 e. The monoisotopic (exact) mass is 782 g/mol. The van der Waals surface area contributed by atoms with Crippen molar-refractivity contribution in [3.63, 3.8) is 0 Å². The standard InChI is InChI=1S/C54H34N6O/c1-5-15-37(16-6-1)49-55-50(38-17-7-2-8-18-38)58-53(57-49)41-31-27-35(28-32-41)43-23-13-25-45-46-26-14-24-44(48(46)61-47(43)45)36-29-33-42(34-30-36)54-59-51(39-19-9-3-10-20-39)56-52(60-54)40-21-11-4-12-22-40/h1-34H. The van der Waals surface area contributed by atoms with E-state index < -0.39 is 0 Å². The summed E-state index contributed by atoms with van der Waals surface area (Å²) in [5.41, 5.74) is 11.3. The molecule has 0 aliphatic heterocycles. The molecule has 8 aromatic carbocycles. The van der Waals surface area contributed by atoms with Gasteiger partial charge in [-0.2, -0.15) is 0 Å². The molecular weight excluding hydrogens is 749 g/mol. The number of para-hydroxylation sites is 2. The minimum Gasteiger partial charge on any atom is -0.455 e. The van der Waals surface area contributed by atoms with E-state index in [0.29, 0.717) is 34.9 Å². The molecule has 0 aliphatic rings. The first-order valence-electron chi connectivity index (χ1n) is 20.1. The number of benzene rings is 8. The predicted octanol–water partition coefficient (Wildman–Crippen LogP) is 13.3. The zero-order chi connectivity index (χ0) is 40.5. The molecule has 0 saturated carbocycles. The molecule has 7 heteroatoms. The molecule has 0 saturated heterocycles. The van der Waals surface area contributed by atoms with Crippen LogP contribution in [0, 0.1) is 0 Å². The summed E-state index contributed by atoms with van der Waals surface area (Å²) < 4.78 is 6.85. The van der Waals surface area contributed by atoms with Crippen molar-refractivity contribution in [3.05, 3.63) is 206 Å². The van der Waals surface area contributed by atoms with Gasteiger partial charge in [0.15, 0.2) is 34.9 Å². The van der Waals surface area contributed by atoms with Crippen LogP contribution in [-0.4, -0.2) is 29.9 Å². The van der Waals surface area contributed by atoms with Gasteiger partial charge in [0.1, 0.15) is 11.2 Å². The number of hydrogen-bond acceptors (Lipinski definition) is 7. The van der Waals surface area contributed by atoms with E-state index >= 15 is 0 Å². The third-order valence-corrected chi connectivity index (χ3v) is 10.8. The minimum atomic E-state index is 0.612. The van der Waals surface area contributed by atoms with Crippen LogP contribution in [0.25, 0.3) is 113 Å². The van der Waals surface area contributed by atoms with Crippen molar-refractivity contribution in [2.75, 3.05) is 0 Å². The number of furan rings is 1. The molecule has 3 heterocycles. The smallest absolute Gasteiger partial charge is 0.164 e. The van der Waals surface area contributed by atoms with Gasteiger partial charge in [0.05, 0.1) is 0 Å². The van der Waals surface area contributed by atoms with Gasteiger partial charge in [-0.3, -0.25) is 0 Å². The average molecular weight is 783 g/mol. The van der Waals surface area contributed by atoms with Gasteiger partial charge in [-0.15, -0.1) is 0 Å². The van der Waals surface area contributed by atoms with Crippen LogP contribution < -0.4 is 0 Å². The Morgan fingerprint density at radius 2 is 0.459 bits per heavy atom. The zero-order valence-electron chi connectivity index (χ0n) is 32.7. The molecule has 0 radical (unpaired) electrons. The van der Waals surface area contributed by atoms with Gasteiger partial charge in [-0.05, 0) is 11.1 Å². The molecule has 0 bridgehead atoms. The van der Waals surface area contributed by atoms with Crippen LogP contribution in [0.3, 0.4) is 0 Å². The normalized spacial score (nSPS) is 11.3. The van der Waals surface area contributed by atoms with Crippen molar-refractivity contribution in [3.8, 4) is 90.6 Å². The van der Waals surface area contributed by atoms with Crippen molar-refractivity contribution in [2.24, 2.45) is 0 Å². The highest BCUT2D eigenvalue weighted by Gasteiger charge is 2.18. The van der Waals surface area contributed by atoms with Crippen LogP contribution in [0.2, 0.25) is 0 Å². The Labute approximate surface area is 351 Å². The first kappa shape index (κ1) is 35.7. The Kier molecular flexibility index (Phi) is 9.02. The molecule has 0 fully saturated rings. The molecule has 0 spiro atoms. The molecule has 286 valence electrons. The van der Waals surface area contributed by atoms with E-state index in [1.165, 1.54) is 0 Å². The van der Waals surface area contributed by atoms with Gasteiger partial charge in [0, 0.05) is 55.3 Å². The van der Waals surface area contributed by atoms with Gasteiger partial charge in [0.2, 0.25) is 0 Å². The van der Waals surface area contributed by atoms with Gasteiger partial charge in [0.25, 0.3) is 0 Å². The van der Waals surface area contributed by atoms with Crippen molar-refractivity contribution in [1.82, 2.24) is 29.9 Å². The van der Waals surface area contributed by atoms with Crippen LogP contribution in [0.5, 0.6) is 0 Å². The van der Waals surface area contributed by atoms with E-state index in [-0.39, 0.29) is 0 Å². The lowest BCUT2D eigenvalue weighted by Crippen LogP contribution is -2.00. The number of aromatic nitrogens is 6. The lowest BCUT2D eigenvalue weighted by molar-refractivity contribution is 0.671. The van der Waals surface area contributed by atoms with Crippen molar-refractivity contribution in [1.29, 1.82) is 0 Å². The molecule has 0 unspecified atom stereocenters. The van der Waals surface area contributed by atoms with Gasteiger partial charge >= 0.3 is 0 Å². The SMILES string of the molecule is c1ccc(-c2nc(-c3ccccc3)nc(-c3ccc(-c4cccc5c4oc4c(-c6ccc(-c7nc(-c8ccccc8)nc(-c8ccccc8)n7)cc6)cccc45)cc3)n2)cc1. The van der Waals surface area contributed by atoms with Crippen molar-refractivity contribution < 1.29 is 4.42 Å². The summed E-state index contributed by atoms with van der Waals surface area (Å²) in [5.74, 6) is 3.75. The molecule has 3 aromatic heterocycles. The highest BCUT2D eigenvalue weighted by Crippen LogP contribution is 2.40. The molecule has 7 nitrogen and oxygen atoms in total. The second-order valence-electron chi connectivity index (χ2n) is 14.7. The zero-order valence-corrected chi connectivity index (χ0v) is 32.7. The molecule has 11 rings (SSSR count). The number of hydrogen-bond donors (Lipinski definition) is 0. The topological polar surface area (TPSA) is 90.5 Å². The maximum Gasteiger partial charge on any atom is 0.164 e. The first-order chi connectivity index (χ1) is 30.2. The van der Waals surface area contributed by atoms with Gasteiger partial charge < -0.3 is 4.42 Å². The fraction of sp³-hybridized carbons (Fsp3) is 0. The Morgan fingerprint density at radius 1 is 0.213 bits per heavy atom. The Bertz CT molecular complexity index is 2980. The summed E-state index contributed by atoms with van der Waals surface area (Å²) in [6.45, 7) is 0. The van der Waals surface area contributed by atoms with Crippen LogP contribution in [-0.2, 0) is 0 Å². The van der Waals surface area contributed by atoms with Gasteiger partial charge in [-0.25, -0.2) is 29.9 Å². The van der Waals surface area contributed by atoms with Crippen LogP contribution >= 0.6 is 0 Å². The maximum atomic E-state index is 6.85. The summed E-state index contributed by atoms with van der Waals surface area (Å²) in [4.78, 5) is 29.4. The Hall–Kier alpha value is -8.42. The highest BCUT2D eigenvalue weighted by molar-refractivity contribution is 6.13. The van der Waals surface area contributed by atoms with Crippen LogP contribution in [0.1, 0.15) is 0 Å². The lowest BCUT2D eigenvalue weighted by atomic mass is 9.99. The van der Waals surface area contributed by atoms with Crippen LogP contribution in [0.4, 0.5) is 0 Å². The summed E-state index contributed by atoms with van der Waals surface area (Å²) >= 11 is 0. The molecular formula is C54H34N6O. The third kappa shape index (κ3) is 6.90. The van der Waals surface area contributed by atoms with E-state index in [1.54, 1.807) is 0 Å². The summed E-state index contributed by atoms with van der Waals surface area (Å²) in [7, 11) is 0. The first-order valence-corrected chi connectivity index (χ1v) is 20.1. The fourth-order valence-electron chi connectivity index (χ4n) is 7.75. The molecule has 0 atom stereocenters. The molecule has 61 heavy (non-hydrogen) atoms. The second kappa shape index (κ2) is 15.4. The second-order valence-corrected chi connectivity index (χ2v) is 14.7. The minimum absolute atomic E-state index is 0.612. The molecule has 11 aromatic rings. The maximum absolute atomic E-state index is 6.85. The molecule has 0 aliphatic carbocycles. The summed E-state index contributed by atoms with van der Waals surface area (Å²) in [6.07, 6.45) is 0. The van der Waals surface area contributed by atoms with Crippen LogP contribution in [0.15, 0.2) is 211 Å². The van der Waals surface area contributed by atoms with E-state index in [0.717, 1.165) is 77.6 Å². The fourth-order valence-corrected chi connectivity index (χ4v) is 7.75. The molecule has 0 N–H and O–H groups in total. The Balaban J connectivity index is 0.941. The third-order valence-electron chi connectivity index (χ3n) is 10.8. The van der Waals surface area contributed by atoms with Crippen molar-refractivity contribution in [2.45, 2.75) is 0 Å². The number of rotatable bonds is 8. The number of nitrogens with zero attached hydrogens (tertiary/aromatic N) is 6. The number of fused-ring (bicyclic) bond motifs is 3. The van der Waals surface area contributed by atoms with Crippen molar-refractivity contribution >= 4 is 21.9 Å². The molecule has 0 amide bonds. The lowest BCUT2D eigenvalue weighted by Gasteiger charge is -2.09. The average Bonchev–Trinajstić information content (AvgIpc) is 3.74. The quantitative estimate of drug-likeness (QED) is 0.152. The summed E-state index contributed by atoms with van der Waals surface area (Å²) in [6, 6.07) is 69.5.